The maximum absolute atomic E-state index is 12.3. The lowest BCUT2D eigenvalue weighted by atomic mass is 9.95. The Kier molecular flexibility index (Phi) is 4.98. The van der Waals surface area contributed by atoms with Crippen LogP contribution in [-0.4, -0.2) is 33.9 Å². The minimum Gasteiger partial charge on any atom is -0.326 e. The number of nitrogens with one attached hydrogen (secondary N) is 1. The zero-order valence-corrected chi connectivity index (χ0v) is 13.4. The number of benzene rings is 1. The molecule has 23 heavy (non-hydrogen) atoms. The minimum absolute atomic E-state index is 0.0920. The fourth-order valence-electron chi connectivity index (χ4n) is 2.92. The van der Waals surface area contributed by atoms with Crippen LogP contribution in [0.1, 0.15) is 24.2 Å². The van der Waals surface area contributed by atoms with Crippen molar-refractivity contribution in [3.63, 3.8) is 0 Å². The van der Waals surface area contributed by atoms with E-state index in [0.717, 1.165) is 49.6 Å². The molecule has 2 heterocycles. The monoisotopic (exact) mass is 310 g/mol. The van der Waals surface area contributed by atoms with Crippen LogP contribution >= 0.6 is 0 Å². The van der Waals surface area contributed by atoms with Gasteiger partial charge >= 0.3 is 0 Å². The van der Waals surface area contributed by atoms with E-state index in [1.54, 1.807) is 12.4 Å². The van der Waals surface area contributed by atoms with E-state index < -0.39 is 0 Å². The first kappa shape index (κ1) is 15.6. The normalized spacial score (nSPS) is 16.2. The minimum atomic E-state index is 0.0920. The van der Waals surface area contributed by atoms with Gasteiger partial charge in [-0.1, -0.05) is 18.2 Å². The summed E-state index contributed by atoms with van der Waals surface area (Å²) in [6.07, 6.45) is 5.23. The van der Waals surface area contributed by atoms with Crippen LogP contribution < -0.4 is 5.32 Å². The van der Waals surface area contributed by atoms with Crippen molar-refractivity contribution < 1.29 is 4.79 Å². The first-order valence-electron chi connectivity index (χ1n) is 8.07. The molecule has 5 nitrogen and oxygen atoms in total. The van der Waals surface area contributed by atoms with Crippen LogP contribution in [-0.2, 0) is 11.3 Å². The van der Waals surface area contributed by atoms with Crippen molar-refractivity contribution in [2.24, 2.45) is 5.92 Å². The molecule has 0 saturated carbocycles. The highest BCUT2D eigenvalue weighted by atomic mass is 16.1. The summed E-state index contributed by atoms with van der Waals surface area (Å²) in [6, 6.07) is 9.65. The second-order valence-corrected chi connectivity index (χ2v) is 5.99. The molecule has 1 aromatic carbocycles. The summed E-state index contributed by atoms with van der Waals surface area (Å²) in [4.78, 5) is 23.4. The zero-order chi connectivity index (χ0) is 16.1. The summed E-state index contributed by atoms with van der Waals surface area (Å²) in [7, 11) is 0. The van der Waals surface area contributed by atoms with Gasteiger partial charge in [0.15, 0.2) is 0 Å². The first-order valence-corrected chi connectivity index (χ1v) is 8.07. The molecule has 1 N–H and O–H groups in total. The van der Waals surface area contributed by atoms with Gasteiger partial charge in [-0.15, -0.1) is 0 Å². The van der Waals surface area contributed by atoms with Gasteiger partial charge in [-0.2, -0.15) is 0 Å². The summed E-state index contributed by atoms with van der Waals surface area (Å²) in [5.74, 6) is 0.223. The van der Waals surface area contributed by atoms with Crippen molar-refractivity contribution in [3.05, 3.63) is 54.1 Å². The lowest BCUT2D eigenvalue weighted by Crippen LogP contribution is -2.38. The number of aromatic nitrogens is 2. The highest BCUT2D eigenvalue weighted by Gasteiger charge is 2.25. The third-order valence-corrected chi connectivity index (χ3v) is 4.36. The molecule has 3 rings (SSSR count). The number of rotatable bonds is 4. The van der Waals surface area contributed by atoms with Crippen molar-refractivity contribution in [3.8, 4) is 0 Å². The molecule has 5 heteroatoms. The number of carbonyl (C=O) groups excluding carboxylic acids is 1. The van der Waals surface area contributed by atoms with E-state index in [4.69, 9.17) is 0 Å². The lowest BCUT2D eigenvalue weighted by Gasteiger charge is -2.31. The molecule has 120 valence electrons. The Labute approximate surface area is 136 Å². The quantitative estimate of drug-likeness (QED) is 0.943. The fourth-order valence-corrected chi connectivity index (χ4v) is 2.92. The largest absolute Gasteiger partial charge is 0.326 e. The van der Waals surface area contributed by atoms with Crippen LogP contribution in [0.15, 0.2) is 42.7 Å². The van der Waals surface area contributed by atoms with Gasteiger partial charge < -0.3 is 5.32 Å². The van der Waals surface area contributed by atoms with Gasteiger partial charge in [-0.3, -0.25) is 19.7 Å². The van der Waals surface area contributed by atoms with Crippen LogP contribution in [0.3, 0.4) is 0 Å². The molecule has 0 unspecified atom stereocenters. The second kappa shape index (κ2) is 7.33. The Hall–Kier alpha value is -2.27. The number of nitrogens with zero attached hydrogens (tertiary/aromatic N) is 3. The van der Waals surface area contributed by atoms with Crippen molar-refractivity contribution in [2.75, 3.05) is 18.4 Å². The van der Waals surface area contributed by atoms with Crippen molar-refractivity contribution in [1.29, 1.82) is 0 Å². The van der Waals surface area contributed by atoms with E-state index in [1.807, 2.05) is 37.3 Å². The van der Waals surface area contributed by atoms with E-state index in [9.17, 15) is 4.79 Å². The third-order valence-electron chi connectivity index (χ3n) is 4.36. The summed E-state index contributed by atoms with van der Waals surface area (Å²) >= 11 is 0. The Morgan fingerprint density at radius 3 is 2.57 bits per heavy atom. The molecule has 1 amide bonds. The Morgan fingerprint density at radius 1 is 1.17 bits per heavy atom. The molecule has 1 aromatic heterocycles. The van der Waals surface area contributed by atoms with Crippen molar-refractivity contribution >= 4 is 11.6 Å². The molecular formula is C18H22N4O. The van der Waals surface area contributed by atoms with E-state index >= 15 is 0 Å². The Bertz CT molecular complexity index is 651. The highest BCUT2D eigenvalue weighted by molar-refractivity contribution is 5.92. The molecule has 0 radical (unpaired) electrons. The predicted octanol–water partition coefficient (Wildman–Crippen LogP) is 2.64. The number of hydrogen-bond acceptors (Lipinski definition) is 4. The number of para-hydroxylation sites is 1. The summed E-state index contributed by atoms with van der Waals surface area (Å²) in [6.45, 7) is 4.64. The molecule has 1 saturated heterocycles. The average Bonchev–Trinajstić information content (AvgIpc) is 2.58. The van der Waals surface area contributed by atoms with Crippen LogP contribution in [0.4, 0.5) is 5.69 Å². The maximum Gasteiger partial charge on any atom is 0.227 e. The van der Waals surface area contributed by atoms with Crippen LogP contribution in [0.5, 0.6) is 0 Å². The van der Waals surface area contributed by atoms with Gasteiger partial charge in [0.05, 0.1) is 11.4 Å². The predicted molar refractivity (Wildman–Crippen MR) is 89.8 cm³/mol. The highest BCUT2D eigenvalue weighted by Crippen LogP contribution is 2.21. The third kappa shape index (κ3) is 4.13. The van der Waals surface area contributed by atoms with Crippen LogP contribution in [0.25, 0.3) is 0 Å². The standard InChI is InChI=1S/C18H22N4O/c1-14-17(20-10-9-19-14)13-22-11-7-15(8-12-22)18(23)21-16-5-3-2-4-6-16/h2-6,9-10,15H,7-8,11-13H2,1H3,(H,21,23). The van der Waals surface area contributed by atoms with Crippen LogP contribution in [0.2, 0.25) is 0 Å². The molecular weight excluding hydrogens is 288 g/mol. The van der Waals surface area contributed by atoms with Crippen molar-refractivity contribution in [1.82, 2.24) is 14.9 Å². The SMILES string of the molecule is Cc1nccnc1CN1CCC(C(=O)Nc2ccccc2)CC1. The molecule has 1 aliphatic heterocycles. The molecule has 0 spiro atoms. The number of hydrogen-bond donors (Lipinski definition) is 1. The molecule has 1 aliphatic rings. The van der Waals surface area contributed by atoms with E-state index in [-0.39, 0.29) is 11.8 Å². The van der Waals surface area contributed by atoms with Crippen molar-refractivity contribution in [2.45, 2.75) is 26.3 Å². The topological polar surface area (TPSA) is 58.1 Å². The summed E-state index contributed by atoms with van der Waals surface area (Å²) in [5.41, 5.74) is 2.88. The van der Waals surface area contributed by atoms with E-state index in [0.29, 0.717) is 0 Å². The Morgan fingerprint density at radius 2 is 1.87 bits per heavy atom. The number of carbonyl (C=O) groups is 1. The number of amides is 1. The number of likely N-dealkylation sites (tertiary alicyclic amines) is 1. The number of aryl methyl sites for hydroxylation is 1. The van der Waals surface area contributed by atoms with E-state index in [2.05, 4.69) is 20.2 Å². The van der Waals surface area contributed by atoms with Gasteiger partial charge in [0.2, 0.25) is 5.91 Å². The number of anilines is 1. The smallest absolute Gasteiger partial charge is 0.227 e. The Balaban J connectivity index is 1.50. The van der Waals surface area contributed by atoms with Gasteiger partial charge in [-0.25, -0.2) is 0 Å². The summed E-state index contributed by atoms with van der Waals surface area (Å²) < 4.78 is 0. The molecule has 0 aliphatic carbocycles. The molecule has 1 fully saturated rings. The second-order valence-electron chi connectivity index (χ2n) is 5.99. The summed E-state index contributed by atoms with van der Waals surface area (Å²) in [5, 5.41) is 3.01. The first-order chi connectivity index (χ1) is 11.2. The van der Waals surface area contributed by atoms with Gasteiger partial charge in [-0.05, 0) is 45.0 Å². The average molecular weight is 310 g/mol. The van der Waals surface area contributed by atoms with E-state index in [1.165, 1.54) is 0 Å². The molecule has 2 aromatic rings. The van der Waals surface area contributed by atoms with Crippen LogP contribution in [0, 0.1) is 12.8 Å². The zero-order valence-electron chi connectivity index (χ0n) is 13.4. The maximum atomic E-state index is 12.3. The molecule has 0 atom stereocenters. The fraction of sp³-hybridized carbons (Fsp3) is 0.389. The van der Waals surface area contributed by atoms with Gasteiger partial charge in [0.1, 0.15) is 0 Å². The van der Waals surface area contributed by atoms with Gasteiger partial charge in [0, 0.05) is 30.5 Å². The number of piperidine rings is 1. The molecule has 0 bridgehead atoms. The lowest BCUT2D eigenvalue weighted by molar-refractivity contribution is -0.121. The van der Waals surface area contributed by atoms with Gasteiger partial charge in [0.25, 0.3) is 0 Å².